The maximum atomic E-state index is 11.6. The minimum atomic E-state index is -0.152. The molecule has 0 fully saturated rings. The van der Waals surface area contributed by atoms with Gasteiger partial charge >= 0.3 is 0 Å². The summed E-state index contributed by atoms with van der Waals surface area (Å²) in [6.07, 6.45) is 7.26. The molecule has 0 aromatic carbocycles. The van der Waals surface area contributed by atoms with E-state index in [4.69, 9.17) is 0 Å². The van der Waals surface area contributed by atoms with Gasteiger partial charge in [-0.15, -0.1) is 0 Å². The van der Waals surface area contributed by atoms with Gasteiger partial charge in [0.25, 0.3) is 0 Å². The lowest BCUT2D eigenvalue weighted by atomic mass is 10.1. The summed E-state index contributed by atoms with van der Waals surface area (Å²) < 4.78 is 0. The Morgan fingerprint density at radius 3 is 2.37 bits per heavy atom. The minimum absolute atomic E-state index is 0.152. The van der Waals surface area contributed by atoms with E-state index in [-0.39, 0.29) is 5.91 Å². The van der Waals surface area contributed by atoms with Crippen LogP contribution in [-0.4, -0.2) is 35.3 Å². The van der Waals surface area contributed by atoms with Gasteiger partial charge in [0.15, 0.2) is 0 Å². The SMILES string of the molecule is [CH2]C(=O)N(CC)C1=C(C)C=C(N(CC)CC)CC=C1. The third-order valence-electron chi connectivity index (χ3n) is 3.47. The van der Waals surface area contributed by atoms with Crippen LogP contribution in [0.1, 0.15) is 34.1 Å². The predicted molar refractivity (Wildman–Crippen MR) is 80.2 cm³/mol. The molecular weight excluding hydrogens is 236 g/mol. The number of allylic oxidation sites excluding steroid dienone is 4. The summed E-state index contributed by atoms with van der Waals surface area (Å²) in [4.78, 5) is 15.6. The van der Waals surface area contributed by atoms with Crippen molar-refractivity contribution in [3.63, 3.8) is 0 Å². The molecule has 3 nitrogen and oxygen atoms in total. The third kappa shape index (κ3) is 3.72. The number of nitrogens with zero attached hydrogens (tertiary/aromatic N) is 2. The Hall–Kier alpha value is -1.51. The first-order chi connectivity index (χ1) is 9.04. The van der Waals surface area contributed by atoms with Crippen LogP contribution < -0.4 is 0 Å². The molecule has 0 heterocycles. The lowest BCUT2D eigenvalue weighted by molar-refractivity contribution is -0.124. The molecule has 1 amide bonds. The van der Waals surface area contributed by atoms with Gasteiger partial charge in [-0.2, -0.15) is 0 Å². The first-order valence-corrected chi connectivity index (χ1v) is 7.01. The summed E-state index contributed by atoms with van der Waals surface area (Å²) in [5, 5.41) is 0. The van der Waals surface area contributed by atoms with E-state index in [2.05, 4.69) is 44.7 Å². The van der Waals surface area contributed by atoms with E-state index in [0.29, 0.717) is 6.54 Å². The van der Waals surface area contributed by atoms with Crippen molar-refractivity contribution in [3.8, 4) is 0 Å². The Morgan fingerprint density at radius 1 is 1.26 bits per heavy atom. The quantitative estimate of drug-likeness (QED) is 0.759. The van der Waals surface area contributed by atoms with Crippen LogP contribution in [0, 0.1) is 6.92 Å². The Kier molecular flexibility index (Phi) is 5.87. The van der Waals surface area contributed by atoms with Crippen LogP contribution in [0.4, 0.5) is 0 Å². The second-order valence-electron chi connectivity index (χ2n) is 4.62. The molecule has 1 radical (unpaired) electrons. The van der Waals surface area contributed by atoms with Crippen LogP contribution in [0.25, 0.3) is 0 Å². The van der Waals surface area contributed by atoms with Crippen LogP contribution in [0.15, 0.2) is 35.2 Å². The average Bonchev–Trinajstić information content (AvgIpc) is 2.55. The van der Waals surface area contributed by atoms with E-state index in [1.165, 1.54) is 5.70 Å². The second kappa shape index (κ2) is 7.17. The van der Waals surface area contributed by atoms with Gasteiger partial charge in [-0.05, 0) is 45.4 Å². The van der Waals surface area contributed by atoms with E-state index >= 15 is 0 Å². The van der Waals surface area contributed by atoms with E-state index in [1.807, 2.05) is 13.0 Å². The molecule has 105 valence electrons. The average molecular weight is 261 g/mol. The maximum absolute atomic E-state index is 11.6. The number of likely N-dealkylation sites (N-methyl/N-ethyl adjacent to an activating group) is 1. The summed E-state index contributed by atoms with van der Waals surface area (Å²) in [6.45, 7) is 14.5. The number of amides is 1. The monoisotopic (exact) mass is 261 g/mol. The fraction of sp³-hybridized carbons (Fsp3) is 0.500. The Bertz CT molecular complexity index is 414. The Labute approximate surface area is 117 Å². The van der Waals surface area contributed by atoms with E-state index < -0.39 is 0 Å². The smallest absolute Gasteiger partial charge is 0.227 e. The second-order valence-corrected chi connectivity index (χ2v) is 4.62. The topological polar surface area (TPSA) is 23.6 Å². The molecule has 0 N–H and O–H groups in total. The van der Waals surface area contributed by atoms with Crippen LogP contribution in [0.2, 0.25) is 0 Å². The molecule has 0 saturated carbocycles. The molecule has 1 aliphatic rings. The predicted octanol–water partition coefficient (Wildman–Crippen LogP) is 3.13. The molecule has 0 spiro atoms. The van der Waals surface area contributed by atoms with Crippen molar-refractivity contribution in [2.45, 2.75) is 34.1 Å². The minimum Gasteiger partial charge on any atom is -0.375 e. The third-order valence-corrected chi connectivity index (χ3v) is 3.47. The zero-order chi connectivity index (χ0) is 14.4. The molecule has 1 rings (SSSR count). The van der Waals surface area contributed by atoms with E-state index in [9.17, 15) is 4.79 Å². The van der Waals surface area contributed by atoms with E-state index in [0.717, 1.165) is 30.8 Å². The van der Waals surface area contributed by atoms with Gasteiger partial charge < -0.3 is 9.80 Å². The van der Waals surface area contributed by atoms with Crippen molar-refractivity contribution in [2.24, 2.45) is 0 Å². The molecule has 0 aliphatic heterocycles. The Morgan fingerprint density at radius 2 is 1.89 bits per heavy atom. The number of carbonyl (C=O) groups is 1. The fourth-order valence-corrected chi connectivity index (χ4v) is 2.44. The van der Waals surface area contributed by atoms with Crippen LogP contribution in [-0.2, 0) is 4.79 Å². The fourth-order valence-electron chi connectivity index (χ4n) is 2.44. The van der Waals surface area contributed by atoms with Crippen molar-refractivity contribution >= 4 is 5.91 Å². The first kappa shape index (κ1) is 15.5. The van der Waals surface area contributed by atoms with Gasteiger partial charge in [0, 0.05) is 44.4 Å². The van der Waals surface area contributed by atoms with Crippen molar-refractivity contribution in [2.75, 3.05) is 19.6 Å². The maximum Gasteiger partial charge on any atom is 0.227 e. The number of hydrogen-bond donors (Lipinski definition) is 0. The lowest BCUT2D eigenvalue weighted by Crippen LogP contribution is -2.27. The summed E-state index contributed by atoms with van der Waals surface area (Å²) in [6, 6.07) is 0. The normalized spacial score (nSPS) is 15.1. The molecule has 0 bridgehead atoms. The number of carbonyl (C=O) groups excluding carboxylic acids is 1. The highest BCUT2D eigenvalue weighted by atomic mass is 16.2. The van der Waals surface area contributed by atoms with Gasteiger partial charge in [-0.1, -0.05) is 6.08 Å². The van der Waals surface area contributed by atoms with Gasteiger partial charge in [-0.3, -0.25) is 4.79 Å². The zero-order valence-corrected chi connectivity index (χ0v) is 12.6. The van der Waals surface area contributed by atoms with Crippen LogP contribution >= 0.6 is 0 Å². The van der Waals surface area contributed by atoms with Crippen molar-refractivity contribution in [1.29, 1.82) is 0 Å². The van der Waals surface area contributed by atoms with Gasteiger partial charge in [0.05, 0.1) is 0 Å². The molecule has 0 atom stereocenters. The summed E-state index contributed by atoms with van der Waals surface area (Å²) >= 11 is 0. The Balaban J connectivity index is 3.13. The number of rotatable bonds is 5. The summed E-state index contributed by atoms with van der Waals surface area (Å²) in [5.41, 5.74) is 3.39. The highest BCUT2D eigenvalue weighted by Crippen LogP contribution is 2.22. The lowest BCUT2D eigenvalue weighted by Gasteiger charge is -2.24. The molecule has 19 heavy (non-hydrogen) atoms. The van der Waals surface area contributed by atoms with Gasteiger partial charge in [0.2, 0.25) is 5.91 Å². The van der Waals surface area contributed by atoms with Gasteiger partial charge in [-0.25, -0.2) is 0 Å². The van der Waals surface area contributed by atoms with E-state index in [1.54, 1.807) is 4.90 Å². The molecule has 0 aromatic heterocycles. The highest BCUT2D eigenvalue weighted by molar-refractivity contribution is 5.82. The van der Waals surface area contributed by atoms with Gasteiger partial charge in [0.1, 0.15) is 0 Å². The molecule has 0 saturated heterocycles. The molecule has 3 heteroatoms. The molecule has 0 unspecified atom stereocenters. The van der Waals surface area contributed by atoms with Crippen LogP contribution in [0.5, 0.6) is 0 Å². The highest BCUT2D eigenvalue weighted by Gasteiger charge is 2.15. The standard InChI is InChI=1S/C16H25N2O/c1-6-17(7-2)15-10-9-11-16(13(4)12-15)18(8-3)14(5)19/h9,11-12H,5-8,10H2,1-4H3. The first-order valence-electron chi connectivity index (χ1n) is 7.01. The largest absolute Gasteiger partial charge is 0.375 e. The van der Waals surface area contributed by atoms with Crippen molar-refractivity contribution in [1.82, 2.24) is 9.80 Å². The molecule has 1 aliphatic carbocycles. The van der Waals surface area contributed by atoms with Crippen LogP contribution in [0.3, 0.4) is 0 Å². The molecule has 0 aromatic rings. The zero-order valence-electron chi connectivity index (χ0n) is 12.6. The van der Waals surface area contributed by atoms with Crippen molar-refractivity contribution in [3.05, 3.63) is 42.1 Å². The summed E-state index contributed by atoms with van der Waals surface area (Å²) in [7, 11) is 0. The van der Waals surface area contributed by atoms with Crippen molar-refractivity contribution < 1.29 is 4.79 Å². The summed E-state index contributed by atoms with van der Waals surface area (Å²) in [5.74, 6) is -0.152. The molecular formula is C16H25N2O. The number of hydrogen-bond acceptors (Lipinski definition) is 2.